The molecule has 0 spiro atoms. The molecule has 0 bridgehead atoms. The predicted octanol–water partition coefficient (Wildman–Crippen LogP) is 3.69. The van der Waals surface area contributed by atoms with Gasteiger partial charge in [0.15, 0.2) is 0 Å². The third kappa shape index (κ3) is 3.18. The van der Waals surface area contributed by atoms with E-state index >= 15 is 0 Å². The van der Waals surface area contributed by atoms with Crippen LogP contribution in [0.4, 0.5) is 5.69 Å². The Balaban J connectivity index is 1.86. The molecule has 130 valence electrons. The van der Waals surface area contributed by atoms with Crippen molar-refractivity contribution < 1.29 is 14.3 Å². The lowest BCUT2D eigenvalue weighted by Crippen LogP contribution is -2.15. The first-order valence-electron chi connectivity index (χ1n) is 8.10. The monoisotopic (exact) mass is 338 g/mol. The van der Waals surface area contributed by atoms with Gasteiger partial charge in [-0.1, -0.05) is 18.2 Å². The summed E-state index contributed by atoms with van der Waals surface area (Å²) >= 11 is 0. The maximum absolute atomic E-state index is 12.6. The molecule has 5 heteroatoms. The van der Waals surface area contributed by atoms with Crippen LogP contribution < -0.4 is 14.8 Å². The second-order valence-electron chi connectivity index (χ2n) is 5.93. The molecular weight excluding hydrogens is 316 g/mol. The minimum Gasteiger partial charge on any atom is -0.497 e. The molecule has 0 unspecified atom stereocenters. The van der Waals surface area contributed by atoms with E-state index in [2.05, 4.69) is 22.0 Å². The van der Waals surface area contributed by atoms with Gasteiger partial charge in [0.2, 0.25) is 5.91 Å². The van der Waals surface area contributed by atoms with Gasteiger partial charge in [0.05, 0.1) is 26.3 Å². The Bertz CT molecular complexity index is 928. The number of nitrogens with one attached hydrogen (secondary N) is 1. The molecule has 1 aromatic heterocycles. The maximum Gasteiger partial charge on any atom is 0.228 e. The number of aryl methyl sites for hydroxylation is 1. The molecular formula is C20H22N2O3. The second kappa shape index (κ2) is 6.89. The number of nitrogens with zero attached hydrogens (tertiary/aromatic N) is 1. The largest absolute Gasteiger partial charge is 0.497 e. The first-order valence-corrected chi connectivity index (χ1v) is 8.10. The Morgan fingerprint density at radius 3 is 2.60 bits per heavy atom. The highest BCUT2D eigenvalue weighted by Crippen LogP contribution is 2.30. The number of carbonyl (C=O) groups is 1. The summed E-state index contributed by atoms with van der Waals surface area (Å²) in [5, 5.41) is 4.04. The van der Waals surface area contributed by atoms with Gasteiger partial charge in [0, 0.05) is 29.7 Å². The molecule has 0 radical (unpaired) electrons. The van der Waals surface area contributed by atoms with Gasteiger partial charge in [-0.15, -0.1) is 0 Å². The molecule has 1 N–H and O–H groups in total. The van der Waals surface area contributed by atoms with Gasteiger partial charge in [-0.05, 0) is 30.7 Å². The van der Waals surface area contributed by atoms with Crippen LogP contribution in [0.5, 0.6) is 11.5 Å². The van der Waals surface area contributed by atoms with E-state index in [1.807, 2.05) is 26.1 Å². The summed E-state index contributed by atoms with van der Waals surface area (Å²) in [6.45, 7) is 2.04. The smallest absolute Gasteiger partial charge is 0.228 e. The number of anilines is 1. The summed E-state index contributed by atoms with van der Waals surface area (Å²) < 4.78 is 12.6. The summed E-state index contributed by atoms with van der Waals surface area (Å²) in [5.74, 6) is 1.17. The first kappa shape index (κ1) is 16.9. The first-order chi connectivity index (χ1) is 12.0. The van der Waals surface area contributed by atoms with Crippen molar-refractivity contribution in [2.24, 2.45) is 7.05 Å². The number of aromatic nitrogens is 1. The van der Waals surface area contributed by atoms with Gasteiger partial charge in [-0.2, -0.15) is 0 Å². The Labute approximate surface area is 147 Å². The lowest BCUT2D eigenvalue weighted by atomic mass is 10.1. The second-order valence-corrected chi connectivity index (χ2v) is 5.93. The van der Waals surface area contributed by atoms with E-state index in [1.165, 1.54) is 0 Å². The maximum atomic E-state index is 12.6. The molecule has 1 amide bonds. The van der Waals surface area contributed by atoms with Crippen molar-refractivity contribution in [2.45, 2.75) is 13.3 Å². The Morgan fingerprint density at radius 2 is 1.88 bits per heavy atom. The standard InChI is InChI=1S/C20H22N2O3/c1-13-16(15-7-5-6-8-18(15)22(13)2)12-20(23)21-17-10-9-14(24-3)11-19(17)25-4/h5-11H,12H2,1-4H3,(H,21,23). The highest BCUT2D eigenvalue weighted by atomic mass is 16.5. The summed E-state index contributed by atoms with van der Waals surface area (Å²) in [7, 11) is 5.18. The molecule has 0 saturated heterocycles. The number of ether oxygens (including phenoxy) is 2. The van der Waals surface area contributed by atoms with E-state index in [4.69, 9.17) is 9.47 Å². The van der Waals surface area contributed by atoms with E-state index in [0.717, 1.165) is 22.2 Å². The molecule has 0 saturated carbocycles. The van der Waals surface area contributed by atoms with Gasteiger partial charge in [0.1, 0.15) is 11.5 Å². The number of methoxy groups -OCH3 is 2. The number of fused-ring (bicyclic) bond motifs is 1. The fourth-order valence-corrected chi connectivity index (χ4v) is 3.08. The number of para-hydroxylation sites is 1. The van der Waals surface area contributed by atoms with Crippen LogP contribution >= 0.6 is 0 Å². The summed E-state index contributed by atoms with van der Waals surface area (Å²) in [6, 6.07) is 13.4. The van der Waals surface area contributed by atoms with Crippen molar-refractivity contribution in [1.82, 2.24) is 4.57 Å². The van der Waals surface area contributed by atoms with Crippen LogP contribution in [0.15, 0.2) is 42.5 Å². The zero-order chi connectivity index (χ0) is 18.0. The van der Waals surface area contributed by atoms with E-state index in [-0.39, 0.29) is 5.91 Å². The van der Waals surface area contributed by atoms with Crippen LogP contribution in [-0.2, 0) is 18.3 Å². The molecule has 25 heavy (non-hydrogen) atoms. The molecule has 5 nitrogen and oxygen atoms in total. The van der Waals surface area contributed by atoms with Gasteiger partial charge >= 0.3 is 0 Å². The quantitative estimate of drug-likeness (QED) is 0.772. The SMILES string of the molecule is COc1ccc(NC(=O)Cc2c(C)n(C)c3ccccc23)c(OC)c1. The molecule has 2 aromatic carbocycles. The van der Waals surface area contributed by atoms with Crippen molar-refractivity contribution in [1.29, 1.82) is 0 Å². The minimum absolute atomic E-state index is 0.0806. The van der Waals surface area contributed by atoms with Crippen LogP contribution in [0.1, 0.15) is 11.3 Å². The van der Waals surface area contributed by atoms with Gasteiger partial charge in [-0.3, -0.25) is 4.79 Å². The van der Waals surface area contributed by atoms with Crippen molar-refractivity contribution in [3.05, 3.63) is 53.7 Å². The van der Waals surface area contributed by atoms with Crippen LogP contribution in [0.2, 0.25) is 0 Å². The third-order valence-electron chi connectivity index (χ3n) is 4.55. The third-order valence-corrected chi connectivity index (χ3v) is 4.55. The highest BCUT2D eigenvalue weighted by Gasteiger charge is 2.16. The van der Waals surface area contributed by atoms with Crippen LogP contribution in [0, 0.1) is 6.92 Å². The molecule has 3 rings (SSSR count). The zero-order valence-corrected chi connectivity index (χ0v) is 14.9. The molecule has 1 heterocycles. The normalized spacial score (nSPS) is 10.7. The van der Waals surface area contributed by atoms with E-state index in [9.17, 15) is 4.79 Å². The number of carbonyl (C=O) groups excluding carboxylic acids is 1. The van der Waals surface area contributed by atoms with Crippen molar-refractivity contribution in [2.75, 3.05) is 19.5 Å². The molecule has 0 aliphatic heterocycles. The number of rotatable bonds is 5. The van der Waals surface area contributed by atoms with Crippen LogP contribution in [-0.4, -0.2) is 24.7 Å². The number of hydrogen-bond acceptors (Lipinski definition) is 3. The highest BCUT2D eigenvalue weighted by molar-refractivity contribution is 5.97. The fraction of sp³-hybridized carbons (Fsp3) is 0.250. The average molecular weight is 338 g/mol. The summed E-state index contributed by atoms with van der Waals surface area (Å²) in [4.78, 5) is 12.6. The van der Waals surface area contributed by atoms with Crippen LogP contribution in [0.25, 0.3) is 10.9 Å². The summed E-state index contributed by atoms with van der Waals surface area (Å²) in [5.41, 5.74) is 3.90. The van der Waals surface area contributed by atoms with E-state index in [1.54, 1.807) is 32.4 Å². The summed E-state index contributed by atoms with van der Waals surface area (Å²) in [6.07, 6.45) is 0.308. The zero-order valence-electron chi connectivity index (χ0n) is 14.9. The number of hydrogen-bond donors (Lipinski definition) is 1. The Hall–Kier alpha value is -2.95. The fourth-order valence-electron chi connectivity index (χ4n) is 3.08. The molecule has 0 fully saturated rings. The molecule has 3 aromatic rings. The van der Waals surface area contributed by atoms with Gasteiger partial charge in [0.25, 0.3) is 0 Å². The van der Waals surface area contributed by atoms with E-state index < -0.39 is 0 Å². The molecule has 0 aliphatic rings. The van der Waals surface area contributed by atoms with Crippen LogP contribution in [0.3, 0.4) is 0 Å². The van der Waals surface area contributed by atoms with Gasteiger partial charge in [-0.25, -0.2) is 0 Å². The topological polar surface area (TPSA) is 52.5 Å². The number of amides is 1. The molecule has 0 aliphatic carbocycles. The van der Waals surface area contributed by atoms with Gasteiger partial charge < -0.3 is 19.4 Å². The van der Waals surface area contributed by atoms with E-state index in [0.29, 0.717) is 23.6 Å². The Kier molecular flexibility index (Phi) is 4.65. The molecule has 0 atom stereocenters. The Morgan fingerprint density at radius 1 is 1.12 bits per heavy atom. The average Bonchev–Trinajstić information content (AvgIpc) is 2.87. The minimum atomic E-state index is -0.0806. The van der Waals surface area contributed by atoms with Crippen molar-refractivity contribution in [3.8, 4) is 11.5 Å². The lowest BCUT2D eigenvalue weighted by molar-refractivity contribution is -0.115. The number of benzene rings is 2. The van der Waals surface area contributed by atoms with Crippen molar-refractivity contribution in [3.63, 3.8) is 0 Å². The lowest BCUT2D eigenvalue weighted by Gasteiger charge is -2.12. The predicted molar refractivity (Wildman–Crippen MR) is 99.5 cm³/mol. The van der Waals surface area contributed by atoms with Crippen molar-refractivity contribution >= 4 is 22.5 Å².